The third-order valence-corrected chi connectivity index (χ3v) is 4.36. The molecule has 106 valence electrons. The minimum Gasteiger partial charge on any atom is -0.389 e. The molecule has 2 N–H and O–H groups in total. The summed E-state index contributed by atoms with van der Waals surface area (Å²) in [6.07, 6.45) is -1.51. The van der Waals surface area contributed by atoms with Crippen molar-refractivity contribution in [2.45, 2.75) is 18.8 Å². The number of aliphatic hydroxyl groups excluding tert-OH is 2. The van der Waals surface area contributed by atoms with Crippen LogP contribution in [0.15, 0.2) is 12.1 Å². The Balaban J connectivity index is 1.83. The van der Waals surface area contributed by atoms with Crippen molar-refractivity contribution < 1.29 is 15.0 Å². The minimum absolute atomic E-state index is 0.0363. The number of hydrogen-bond donors (Lipinski definition) is 2. The van der Waals surface area contributed by atoms with Gasteiger partial charge >= 0.3 is 0 Å². The number of likely N-dealkylation sites (N-methyl/N-ethyl adjacent to an activating group) is 1. The number of thiophene rings is 1. The molecule has 1 aliphatic heterocycles. The molecule has 1 saturated heterocycles. The third-order valence-electron chi connectivity index (χ3n) is 3.14. The number of nitrogens with zero attached hydrogens (tertiary/aromatic N) is 2. The number of halogens is 1. The molecule has 1 aromatic rings. The number of β-amino-alcohol motifs (C(OH)–C–C–N with tert-alkyl or cyclic N) is 2. The molecular weight excluding hydrogens is 288 g/mol. The predicted octanol–water partition coefficient (Wildman–Crippen LogP) is 0.397. The molecule has 0 bridgehead atoms. The number of likely N-dealkylation sites (tertiary alicyclic amines) is 1. The molecule has 0 aromatic carbocycles. The molecule has 2 unspecified atom stereocenters. The summed E-state index contributed by atoms with van der Waals surface area (Å²) in [6.45, 7) is 1.41. The summed E-state index contributed by atoms with van der Waals surface area (Å²) < 4.78 is 0.710. The lowest BCUT2D eigenvalue weighted by Crippen LogP contribution is -2.37. The molecule has 1 amide bonds. The highest BCUT2D eigenvalue weighted by atomic mass is 35.5. The largest absolute Gasteiger partial charge is 0.389 e. The van der Waals surface area contributed by atoms with Crippen molar-refractivity contribution in [3.8, 4) is 0 Å². The molecule has 19 heavy (non-hydrogen) atoms. The zero-order valence-electron chi connectivity index (χ0n) is 10.6. The van der Waals surface area contributed by atoms with Crippen LogP contribution in [0.2, 0.25) is 4.34 Å². The Hall–Kier alpha value is -0.660. The topological polar surface area (TPSA) is 64.0 Å². The minimum atomic E-state index is -0.755. The van der Waals surface area contributed by atoms with Crippen LogP contribution in [-0.2, 0) is 11.3 Å². The summed E-state index contributed by atoms with van der Waals surface area (Å²) in [5.74, 6) is -0.0363. The highest BCUT2D eigenvalue weighted by molar-refractivity contribution is 7.16. The first-order valence-electron chi connectivity index (χ1n) is 6.02. The Morgan fingerprint density at radius 3 is 2.63 bits per heavy atom. The van der Waals surface area contributed by atoms with Crippen molar-refractivity contribution in [2.75, 3.05) is 26.7 Å². The highest BCUT2D eigenvalue weighted by Gasteiger charge is 2.30. The number of rotatable bonds is 4. The molecule has 0 radical (unpaired) electrons. The van der Waals surface area contributed by atoms with Crippen LogP contribution in [0.4, 0.5) is 0 Å². The molecule has 0 spiro atoms. The van der Waals surface area contributed by atoms with Crippen LogP contribution < -0.4 is 0 Å². The van der Waals surface area contributed by atoms with Crippen molar-refractivity contribution in [3.05, 3.63) is 21.3 Å². The zero-order valence-corrected chi connectivity index (χ0v) is 12.2. The van der Waals surface area contributed by atoms with E-state index < -0.39 is 12.2 Å². The summed E-state index contributed by atoms with van der Waals surface area (Å²) in [4.78, 5) is 16.4. The molecule has 5 nitrogen and oxygen atoms in total. The Labute approximate surface area is 121 Å². The van der Waals surface area contributed by atoms with Gasteiger partial charge in [-0.15, -0.1) is 11.3 Å². The van der Waals surface area contributed by atoms with E-state index in [-0.39, 0.29) is 12.5 Å². The zero-order chi connectivity index (χ0) is 14.0. The van der Waals surface area contributed by atoms with Crippen molar-refractivity contribution in [1.29, 1.82) is 0 Å². The lowest BCUT2D eigenvalue weighted by molar-refractivity contribution is -0.131. The molecule has 0 aliphatic carbocycles. The summed E-state index contributed by atoms with van der Waals surface area (Å²) in [6, 6.07) is 3.72. The molecule has 1 aromatic heterocycles. The number of aliphatic hydroxyl groups is 2. The maximum atomic E-state index is 12.0. The van der Waals surface area contributed by atoms with Crippen LogP contribution in [0.1, 0.15) is 4.88 Å². The van der Waals surface area contributed by atoms with Crippen LogP contribution in [0.3, 0.4) is 0 Å². The van der Waals surface area contributed by atoms with Gasteiger partial charge in [0.15, 0.2) is 0 Å². The van der Waals surface area contributed by atoms with Gasteiger partial charge in [0.05, 0.1) is 29.6 Å². The molecular formula is C12H17ClN2O3S. The number of carbonyl (C=O) groups excluding carboxylic acids is 1. The molecule has 1 fully saturated rings. The smallest absolute Gasteiger partial charge is 0.236 e. The van der Waals surface area contributed by atoms with Gasteiger partial charge in [-0.2, -0.15) is 0 Å². The van der Waals surface area contributed by atoms with E-state index in [1.54, 1.807) is 16.8 Å². The van der Waals surface area contributed by atoms with Crippen molar-refractivity contribution in [2.24, 2.45) is 0 Å². The maximum absolute atomic E-state index is 12.0. The molecule has 0 saturated carbocycles. The van der Waals surface area contributed by atoms with Crippen LogP contribution in [0.5, 0.6) is 0 Å². The Morgan fingerprint density at radius 1 is 1.47 bits per heavy atom. The summed E-state index contributed by atoms with van der Waals surface area (Å²) >= 11 is 7.30. The average molecular weight is 305 g/mol. The lowest BCUT2D eigenvalue weighted by atomic mass is 10.3. The van der Waals surface area contributed by atoms with Gasteiger partial charge in [0.2, 0.25) is 5.91 Å². The van der Waals surface area contributed by atoms with Gasteiger partial charge in [-0.25, -0.2) is 0 Å². The quantitative estimate of drug-likeness (QED) is 0.845. The van der Waals surface area contributed by atoms with Crippen LogP contribution in [0.25, 0.3) is 0 Å². The first kappa shape index (κ1) is 14.7. The van der Waals surface area contributed by atoms with E-state index in [2.05, 4.69) is 0 Å². The van der Waals surface area contributed by atoms with Crippen molar-refractivity contribution in [1.82, 2.24) is 9.80 Å². The standard InChI is InChI=1S/C12H17ClN2O3S/c1-14(4-8-2-3-11(13)19-8)12(18)7-15-5-9(16)10(17)6-15/h2-3,9-10,16-17H,4-7H2,1H3. The fourth-order valence-corrected chi connectivity index (χ4v) is 3.19. The number of amides is 1. The molecule has 1 aliphatic rings. The predicted molar refractivity (Wildman–Crippen MR) is 74.3 cm³/mol. The molecule has 2 heterocycles. The first-order valence-corrected chi connectivity index (χ1v) is 7.22. The second-order valence-corrected chi connectivity index (χ2v) is 6.58. The van der Waals surface area contributed by atoms with E-state index in [0.29, 0.717) is 24.0 Å². The van der Waals surface area contributed by atoms with Gasteiger partial charge in [-0.3, -0.25) is 9.69 Å². The number of carbonyl (C=O) groups is 1. The average Bonchev–Trinajstić information content (AvgIpc) is 2.86. The Kier molecular flexibility index (Phi) is 4.81. The summed E-state index contributed by atoms with van der Waals surface area (Å²) in [7, 11) is 1.74. The van der Waals surface area contributed by atoms with Gasteiger partial charge in [-0.1, -0.05) is 11.6 Å². The second-order valence-electron chi connectivity index (χ2n) is 4.78. The number of hydrogen-bond acceptors (Lipinski definition) is 5. The monoisotopic (exact) mass is 304 g/mol. The maximum Gasteiger partial charge on any atom is 0.236 e. The molecule has 2 rings (SSSR count). The van der Waals surface area contributed by atoms with E-state index in [9.17, 15) is 15.0 Å². The SMILES string of the molecule is CN(Cc1ccc(Cl)s1)C(=O)CN1CC(O)C(O)C1. The van der Waals surface area contributed by atoms with Crippen LogP contribution in [-0.4, -0.2) is 64.8 Å². The van der Waals surface area contributed by atoms with E-state index in [0.717, 1.165) is 4.88 Å². The lowest BCUT2D eigenvalue weighted by Gasteiger charge is -2.20. The van der Waals surface area contributed by atoms with Gasteiger partial charge in [-0.05, 0) is 12.1 Å². The summed E-state index contributed by atoms with van der Waals surface area (Å²) in [5.41, 5.74) is 0. The van der Waals surface area contributed by atoms with Gasteiger partial charge in [0.25, 0.3) is 0 Å². The van der Waals surface area contributed by atoms with E-state index in [4.69, 9.17) is 11.6 Å². The van der Waals surface area contributed by atoms with Crippen LogP contribution in [0, 0.1) is 0 Å². The fraction of sp³-hybridized carbons (Fsp3) is 0.583. The van der Waals surface area contributed by atoms with Gasteiger partial charge < -0.3 is 15.1 Å². The van der Waals surface area contributed by atoms with Crippen LogP contribution >= 0.6 is 22.9 Å². The molecule has 2 atom stereocenters. The third kappa shape index (κ3) is 3.90. The van der Waals surface area contributed by atoms with Gasteiger partial charge in [0, 0.05) is 25.0 Å². The Morgan fingerprint density at radius 2 is 2.11 bits per heavy atom. The van der Waals surface area contributed by atoms with E-state index >= 15 is 0 Å². The van der Waals surface area contributed by atoms with Crippen molar-refractivity contribution in [3.63, 3.8) is 0 Å². The summed E-state index contributed by atoms with van der Waals surface area (Å²) in [5, 5.41) is 18.9. The first-order chi connectivity index (χ1) is 8.95. The normalized spacial score (nSPS) is 23.8. The fourth-order valence-electron chi connectivity index (χ4n) is 2.05. The Bertz CT molecular complexity index is 444. The van der Waals surface area contributed by atoms with E-state index in [1.807, 2.05) is 12.1 Å². The van der Waals surface area contributed by atoms with Crippen molar-refractivity contribution >= 4 is 28.8 Å². The van der Waals surface area contributed by atoms with Gasteiger partial charge in [0.1, 0.15) is 0 Å². The second kappa shape index (κ2) is 6.19. The van der Waals surface area contributed by atoms with E-state index in [1.165, 1.54) is 11.3 Å². The highest BCUT2D eigenvalue weighted by Crippen LogP contribution is 2.22. The molecule has 7 heteroatoms.